The van der Waals surface area contributed by atoms with E-state index in [-0.39, 0.29) is 6.04 Å². The number of azo groups is 1. The van der Waals surface area contributed by atoms with E-state index < -0.39 is 0 Å². The summed E-state index contributed by atoms with van der Waals surface area (Å²) in [6.45, 7) is 4.00. The van der Waals surface area contributed by atoms with Gasteiger partial charge in [0, 0.05) is 0 Å². The number of nitrogens with zero attached hydrogens (tertiary/aromatic N) is 2. The highest BCUT2D eigenvalue weighted by Crippen LogP contribution is 2.12. The standard InChI is InChI=1S/C9H12N2/c1-3-4-5-6-9-7-8(2)10-11-9/h3-8H,1-2H3/b4-3-,6-5-. The Morgan fingerprint density at radius 2 is 2.27 bits per heavy atom. The third-order valence-electron chi connectivity index (χ3n) is 1.34. The van der Waals surface area contributed by atoms with Crippen LogP contribution in [0.2, 0.25) is 0 Å². The van der Waals surface area contributed by atoms with Crippen molar-refractivity contribution in [3.8, 4) is 0 Å². The van der Waals surface area contributed by atoms with Gasteiger partial charge in [0.15, 0.2) is 0 Å². The van der Waals surface area contributed by atoms with Crippen molar-refractivity contribution in [1.82, 2.24) is 0 Å². The second-order valence-corrected chi connectivity index (χ2v) is 2.43. The average molecular weight is 148 g/mol. The second kappa shape index (κ2) is 3.86. The lowest BCUT2D eigenvalue weighted by Crippen LogP contribution is -1.83. The van der Waals surface area contributed by atoms with Crippen molar-refractivity contribution in [2.75, 3.05) is 0 Å². The molecule has 0 amide bonds. The van der Waals surface area contributed by atoms with Crippen LogP contribution in [0.1, 0.15) is 13.8 Å². The Balaban J connectivity index is 2.51. The Morgan fingerprint density at radius 1 is 1.45 bits per heavy atom. The third kappa shape index (κ3) is 2.50. The molecule has 0 saturated heterocycles. The molecule has 0 aliphatic carbocycles. The maximum absolute atomic E-state index is 3.95. The summed E-state index contributed by atoms with van der Waals surface area (Å²) in [5.41, 5.74) is 0.954. The summed E-state index contributed by atoms with van der Waals surface area (Å²) in [4.78, 5) is 0. The SMILES string of the molecule is C/C=C\C=C/C1=CC(C)N=N1. The average Bonchev–Trinajstić information content (AvgIpc) is 2.37. The van der Waals surface area contributed by atoms with E-state index >= 15 is 0 Å². The minimum atomic E-state index is 0.250. The van der Waals surface area contributed by atoms with E-state index in [0.29, 0.717) is 0 Å². The normalized spacial score (nSPS) is 23.8. The van der Waals surface area contributed by atoms with Gasteiger partial charge in [0.1, 0.15) is 0 Å². The molecule has 1 aliphatic heterocycles. The molecule has 2 nitrogen and oxygen atoms in total. The van der Waals surface area contributed by atoms with Crippen molar-refractivity contribution in [3.05, 3.63) is 36.1 Å². The molecule has 0 aromatic rings. The van der Waals surface area contributed by atoms with Gasteiger partial charge in [-0.1, -0.05) is 18.2 Å². The van der Waals surface area contributed by atoms with E-state index in [4.69, 9.17) is 0 Å². The predicted octanol–water partition coefficient (Wildman–Crippen LogP) is 2.86. The molecule has 1 rings (SSSR count). The molecule has 0 saturated carbocycles. The largest absolute Gasteiger partial charge is 0.181 e. The molecule has 11 heavy (non-hydrogen) atoms. The fourth-order valence-electron chi connectivity index (χ4n) is 0.826. The van der Waals surface area contributed by atoms with Gasteiger partial charge in [0.2, 0.25) is 0 Å². The van der Waals surface area contributed by atoms with Crippen molar-refractivity contribution >= 4 is 0 Å². The van der Waals surface area contributed by atoms with Crippen LogP contribution in [0.15, 0.2) is 46.3 Å². The molecule has 1 unspecified atom stereocenters. The van der Waals surface area contributed by atoms with Crippen LogP contribution in [-0.4, -0.2) is 6.04 Å². The molecule has 0 fully saturated rings. The van der Waals surface area contributed by atoms with Crippen LogP contribution in [0.5, 0.6) is 0 Å². The summed E-state index contributed by atoms with van der Waals surface area (Å²) in [7, 11) is 0. The minimum Gasteiger partial charge on any atom is -0.181 e. The highest BCUT2D eigenvalue weighted by atomic mass is 15.1. The van der Waals surface area contributed by atoms with Crippen LogP contribution in [0.4, 0.5) is 0 Å². The van der Waals surface area contributed by atoms with Crippen molar-refractivity contribution in [3.63, 3.8) is 0 Å². The molecule has 0 aromatic heterocycles. The molecule has 0 radical (unpaired) electrons. The van der Waals surface area contributed by atoms with Crippen molar-refractivity contribution < 1.29 is 0 Å². The van der Waals surface area contributed by atoms with Gasteiger partial charge in [-0.2, -0.15) is 10.2 Å². The number of hydrogen-bond donors (Lipinski definition) is 0. The van der Waals surface area contributed by atoms with Crippen molar-refractivity contribution in [2.24, 2.45) is 10.2 Å². The van der Waals surface area contributed by atoms with Crippen LogP contribution in [-0.2, 0) is 0 Å². The van der Waals surface area contributed by atoms with Crippen LogP contribution >= 0.6 is 0 Å². The van der Waals surface area contributed by atoms with E-state index in [2.05, 4.69) is 10.2 Å². The molecule has 0 aromatic carbocycles. The first-order valence-electron chi connectivity index (χ1n) is 3.75. The summed E-state index contributed by atoms with van der Waals surface area (Å²) in [5, 5.41) is 7.91. The summed E-state index contributed by atoms with van der Waals surface area (Å²) >= 11 is 0. The lowest BCUT2D eigenvalue weighted by molar-refractivity contribution is 0.893. The van der Waals surface area contributed by atoms with Crippen LogP contribution in [0.3, 0.4) is 0 Å². The zero-order chi connectivity index (χ0) is 8.10. The van der Waals surface area contributed by atoms with Crippen LogP contribution in [0.25, 0.3) is 0 Å². The van der Waals surface area contributed by atoms with Gasteiger partial charge < -0.3 is 0 Å². The molecule has 0 spiro atoms. The first-order chi connectivity index (χ1) is 5.33. The Morgan fingerprint density at radius 3 is 2.82 bits per heavy atom. The molecule has 1 heterocycles. The summed E-state index contributed by atoms with van der Waals surface area (Å²) in [6, 6.07) is 0.250. The highest BCUT2D eigenvalue weighted by Gasteiger charge is 2.02. The highest BCUT2D eigenvalue weighted by molar-refractivity contribution is 5.24. The zero-order valence-electron chi connectivity index (χ0n) is 6.86. The Kier molecular flexibility index (Phi) is 2.78. The number of rotatable bonds is 2. The molecule has 58 valence electrons. The van der Waals surface area contributed by atoms with Crippen LogP contribution in [0, 0.1) is 0 Å². The first kappa shape index (κ1) is 7.92. The summed E-state index contributed by atoms with van der Waals surface area (Å²) in [5.74, 6) is 0. The number of hydrogen-bond acceptors (Lipinski definition) is 2. The van der Waals surface area contributed by atoms with Crippen LogP contribution < -0.4 is 0 Å². The van der Waals surface area contributed by atoms with E-state index in [1.807, 2.05) is 44.2 Å². The first-order valence-corrected chi connectivity index (χ1v) is 3.75. The van der Waals surface area contributed by atoms with E-state index in [1.54, 1.807) is 0 Å². The Labute approximate surface area is 67.0 Å². The predicted molar refractivity (Wildman–Crippen MR) is 46.4 cm³/mol. The second-order valence-electron chi connectivity index (χ2n) is 2.43. The lowest BCUT2D eigenvalue weighted by atomic mass is 10.3. The van der Waals surface area contributed by atoms with Crippen molar-refractivity contribution in [1.29, 1.82) is 0 Å². The van der Waals surface area contributed by atoms with Gasteiger partial charge in [0.05, 0.1) is 11.7 Å². The van der Waals surface area contributed by atoms with Gasteiger partial charge >= 0.3 is 0 Å². The zero-order valence-corrected chi connectivity index (χ0v) is 6.86. The summed E-state index contributed by atoms with van der Waals surface area (Å²) in [6.07, 6.45) is 9.89. The molecular formula is C9H12N2. The molecule has 0 bridgehead atoms. The Hall–Kier alpha value is -1.18. The smallest absolute Gasteiger partial charge is 0.0889 e. The Bertz CT molecular complexity index is 234. The monoisotopic (exact) mass is 148 g/mol. The van der Waals surface area contributed by atoms with E-state index in [0.717, 1.165) is 5.70 Å². The van der Waals surface area contributed by atoms with Gasteiger partial charge in [0.25, 0.3) is 0 Å². The fourth-order valence-corrected chi connectivity index (χ4v) is 0.826. The molecule has 1 aliphatic rings. The fraction of sp³-hybridized carbons (Fsp3) is 0.333. The lowest BCUT2D eigenvalue weighted by Gasteiger charge is -1.82. The molecule has 1 atom stereocenters. The van der Waals surface area contributed by atoms with E-state index in [1.165, 1.54) is 0 Å². The topological polar surface area (TPSA) is 24.7 Å². The van der Waals surface area contributed by atoms with Gasteiger partial charge in [-0.3, -0.25) is 0 Å². The van der Waals surface area contributed by atoms with Gasteiger partial charge in [-0.25, -0.2) is 0 Å². The maximum Gasteiger partial charge on any atom is 0.0889 e. The number of allylic oxidation sites excluding steroid dienone is 4. The minimum absolute atomic E-state index is 0.250. The molecular weight excluding hydrogens is 136 g/mol. The van der Waals surface area contributed by atoms with Crippen molar-refractivity contribution in [2.45, 2.75) is 19.9 Å². The summed E-state index contributed by atoms with van der Waals surface area (Å²) < 4.78 is 0. The molecule has 0 N–H and O–H groups in total. The molecule has 2 heteroatoms. The van der Waals surface area contributed by atoms with E-state index in [9.17, 15) is 0 Å². The van der Waals surface area contributed by atoms with Gasteiger partial charge in [-0.05, 0) is 26.0 Å². The maximum atomic E-state index is 3.95. The van der Waals surface area contributed by atoms with Gasteiger partial charge in [-0.15, -0.1) is 0 Å². The third-order valence-corrected chi connectivity index (χ3v) is 1.34. The quantitative estimate of drug-likeness (QED) is 0.538.